The predicted molar refractivity (Wildman–Crippen MR) is 50.9 cm³/mol. The van der Waals surface area contributed by atoms with Gasteiger partial charge in [0, 0.05) is 6.61 Å². The number of aliphatic hydroxyl groups is 2. The summed E-state index contributed by atoms with van der Waals surface area (Å²) in [5.41, 5.74) is 0. The molecule has 0 aliphatic rings. The van der Waals surface area contributed by atoms with Gasteiger partial charge in [-0.2, -0.15) is 0 Å². The summed E-state index contributed by atoms with van der Waals surface area (Å²) in [6, 6.07) is 0. The van der Waals surface area contributed by atoms with Crippen molar-refractivity contribution in [2.45, 2.75) is 46.1 Å². The molecular weight excluding hydrogens is 152 g/mol. The molecule has 0 heterocycles. The van der Waals surface area contributed by atoms with Crippen LogP contribution in [0.2, 0.25) is 0 Å². The van der Waals surface area contributed by atoms with Crippen molar-refractivity contribution in [1.29, 1.82) is 0 Å². The maximum absolute atomic E-state index is 9.58. The molecule has 0 saturated carbocycles. The first-order valence-electron chi connectivity index (χ1n) is 4.90. The zero-order valence-electron chi connectivity index (χ0n) is 8.45. The van der Waals surface area contributed by atoms with Gasteiger partial charge in [-0.25, -0.2) is 0 Å². The van der Waals surface area contributed by atoms with E-state index in [1.807, 2.05) is 6.92 Å². The van der Waals surface area contributed by atoms with E-state index >= 15 is 0 Å². The first-order chi connectivity index (χ1) is 5.61. The highest BCUT2D eigenvalue weighted by Gasteiger charge is 2.12. The van der Waals surface area contributed by atoms with Crippen molar-refractivity contribution in [2.75, 3.05) is 6.61 Å². The van der Waals surface area contributed by atoms with Crippen LogP contribution in [-0.2, 0) is 0 Å². The zero-order valence-corrected chi connectivity index (χ0v) is 8.45. The molecule has 0 spiro atoms. The summed E-state index contributed by atoms with van der Waals surface area (Å²) in [6.07, 6.45) is 2.57. The van der Waals surface area contributed by atoms with Gasteiger partial charge in [-0.1, -0.05) is 27.2 Å². The number of rotatable bonds is 6. The van der Waals surface area contributed by atoms with Crippen molar-refractivity contribution < 1.29 is 10.2 Å². The van der Waals surface area contributed by atoms with E-state index in [0.29, 0.717) is 11.8 Å². The Hall–Kier alpha value is -0.0800. The molecule has 12 heavy (non-hydrogen) atoms. The molecule has 0 aliphatic heterocycles. The summed E-state index contributed by atoms with van der Waals surface area (Å²) in [5, 5.41) is 18.3. The summed E-state index contributed by atoms with van der Waals surface area (Å²) in [6.45, 7) is 6.38. The molecule has 0 amide bonds. The molecular formula is C10H22O2. The second-order valence-corrected chi connectivity index (χ2v) is 3.82. The normalized spacial score (nSPS) is 18.8. The van der Waals surface area contributed by atoms with Crippen LogP contribution in [0.4, 0.5) is 0 Å². The third-order valence-electron chi connectivity index (χ3n) is 2.57. The monoisotopic (exact) mass is 174 g/mol. The van der Waals surface area contributed by atoms with E-state index in [9.17, 15) is 5.11 Å². The SMILES string of the molecule is CCC(C)C(O)CCC(C)CO. The fraction of sp³-hybridized carbons (Fsp3) is 1.00. The van der Waals surface area contributed by atoms with E-state index in [1.165, 1.54) is 0 Å². The lowest BCUT2D eigenvalue weighted by molar-refractivity contribution is 0.0938. The van der Waals surface area contributed by atoms with Crippen molar-refractivity contribution >= 4 is 0 Å². The van der Waals surface area contributed by atoms with Crippen LogP contribution in [0.1, 0.15) is 40.0 Å². The molecule has 0 saturated heterocycles. The van der Waals surface area contributed by atoms with Gasteiger partial charge in [0.1, 0.15) is 0 Å². The smallest absolute Gasteiger partial charge is 0.0565 e. The van der Waals surface area contributed by atoms with Crippen LogP contribution in [0, 0.1) is 11.8 Å². The lowest BCUT2D eigenvalue weighted by Crippen LogP contribution is -2.18. The van der Waals surface area contributed by atoms with Gasteiger partial charge in [0.15, 0.2) is 0 Å². The van der Waals surface area contributed by atoms with Crippen LogP contribution in [0.3, 0.4) is 0 Å². The standard InChI is InChI=1S/C10H22O2/c1-4-9(3)10(12)6-5-8(2)7-11/h8-12H,4-7H2,1-3H3. The Morgan fingerprint density at radius 1 is 1.17 bits per heavy atom. The summed E-state index contributed by atoms with van der Waals surface area (Å²) in [7, 11) is 0. The quantitative estimate of drug-likeness (QED) is 0.644. The minimum atomic E-state index is -0.191. The lowest BCUT2D eigenvalue weighted by Gasteiger charge is -2.18. The maximum Gasteiger partial charge on any atom is 0.0565 e. The topological polar surface area (TPSA) is 40.5 Å². The summed E-state index contributed by atoms with van der Waals surface area (Å²) >= 11 is 0. The van der Waals surface area contributed by atoms with E-state index in [4.69, 9.17) is 5.11 Å². The number of hydrogen-bond acceptors (Lipinski definition) is 2. The Labute approximate surface area is 75.6 Å². The molecule has 3 unspecified atom stereocenters. The Morgan fingerprint density at radius 2 is 1.75 bits per heavy atom. The summed E-state index contributed by atoms with van der Waals surface area (Å²) < 4.78 is 0. The third-order valence-corrected chi connectivity index (χ3v) is 2.57. The highest BCUT2D eigenvalue weighted by Crippen LogP contribution is 2.15. The van der Waals surface area contributed by atoms with Crippen LogP contribution in [0.15, 0.2) is 0 Å². The van der Waals surface area contributed by atoms with Crippen LogP contribution in [0.25, 0.3) is 0 Å². The molecule has 0 rings (SSSR count). The Balaban J connectivity index is 3.49. The van der Waals surface area contributed by atoms with Crippen molar-refractivity contribution in [3.63, 3.8) is 0 Å². The van der Waals surface area contributed by atoms with Gasteiger partial charge in [-0.3, -0.25) is 0 Å². The van der Waals surface area contributed by atoms with Crippen molar-refractivity contribution in [1.82, 2.24) is 0 Å². The molecule has 0 fully saturated rings. The zero-order chi connectivity index (χ0) is 9.56. The van der Waals surface area contributed by atoms with Crippen molar-refractivity contribution in [3.8, 4) is 0 Å². The minimum absolute atomic E-state index is 0.191. The van der Waals surface area contributed by atoms with Crippen LogP contribution < -0.4 is 0 Å². The summed E-state index contributed by atoms with van der Waals surface area (Å²) in [5.74, 6) is 0.708. The van der Waals surface area contributed by atoms with Crippen LogP contribution in [0.5, 0.6) is 0 Å². The third kappa shape index (κ3) is 4.73. The number of hydrogen-bond donors (Lipinski definition) is 2. The first kappa shape index (κ1) is 11.9. The molecule has 0 aromatic heterocycles. The Bertz CT molecular complexity index is 104. The van der Waals surface area contributed by atoms with Gasteiger partial charge in [0.2, 0.25) is 0 Å². The second kappa shape index (κ2) is 6.44. The highest BCUT2D eigenvalue weighted by molar-refractivity contribution is 4.64. The van der Waals surface area contributed by atoms with Gasteiger partial charge >= 0.3 is 0 Å². The van der Waals surface area contributed by atoms with E-state index in [0.717, 1.165) is 19.3 Å². The van der Waals surface area contributed by atoms with E-state index in [-0.39, 0.29) is 12.7 Å². The molecule has 74 valence electrons. The molecule has 2 nitrogen and oxygen atoms in total. The molecule has 0 aromatic carbocycles. The van der Waals surface area contributed by atoms with Gasteiger partial charge < -0.3 is 10.2 Å². The molecule has 0 bridgehead atoms. The van der Waals surface area contributed by atoms with Crippen molar-refractivity contribution in [2.24, 2.45) is 11.8 Å². The van der Waals surface area contributed by atoms with E-state index in [1.54, 1.807) is 0 Å². The van der Waals surface area contributed by atoms with Crippen molar-refractivity contribution in [3.05, 3.63) is 0 Å². The van der Waals surface area contributed by atoms with E-state index in [2.05, 4.69) is 13.8 Å². The van der Waals surface area contributed by atoms with E-state index < -0.39 is 0 Å². The molecule has 2 heteroatoms. The fourth-order valence-electron chi connectivity index (χ4n) is 1.10. The highest BCUT2D eigenvalue weighted by atomic mass is 16.3. The van der Waals surface area contributed by atoms with Gasteiger partial charge in [0.25, 0.3) is 0 Å². The first-order valence-corrected chi connectivity index (χ1v) is 4.90. The molecule has 0 radical (unpaired) electrons. The second-order valence-electron chi connectivity index (χ2n) is 3.82. The lowest BCUT2D eigenvalue weighted by atomic mass is 9.95. The average molecular weight is 174 g/mol. The Kier molecular flexibility index (Phi) is 6.39. The largest absolute Gasteiger partial charge is 0.396 e. The Morgan fingerprint density at radius 3 is 2.17 bits per heavy atom. The minimum Gasteiger partial charge on any atom is -0.396 e. The predicted octanol–water partition coefficient (Wildman–Crippen LogP) is 1.80. The fourth-order valence-corrected chi connectivity index (χ4v) is 1.10. The molecule has 0 aliphatic carbocycles. The van der Waals surface area contributed by atoms with Crippen LogP contribution >= 0.6 is 0 Å². The van der Waals surface area contributed by atoms with Crippen LogP contribution in [-0.4, -0.2) is 22.9 Å². The summed E-state index contributed by atoms with van der Waals surface area (Å²) in [4.78, 5) is 0. The molecule has 2 N–H and O–H groups in total. The van der Waals surface area contributed by atoms with Gasteiger partial charge in [-0.05, 0) is 24.7 Å². The molecule has 3 atom stereocenters. The average Bonchev–Trinajstić information content (AvgIpc) is 2.11. The van der Waals surface area contributed by atoms with Gasteiger partial charge in [-0.15, -0.1) is 0 Å². The number of aliphatic hydroxyl groups excluding tert-OH is 2. The molecule has 0 aromatic rings. The van der Waals surface area contributed by atoms with Gasteiger partial charge in [0.05, 0.1) is 6.10 Å². The maximum atomic E-state index is 9.58.